The van der Waals surface area contributed by atoms with E-state index in [2.05, 4.69) is 50.3 Å². The summed E-state index contributed by atoms with van der Waals surface area (Å²) in [6.45, 7) is 12.8. The SMILES string of the molecule is CC(C)=CC#CCCOB(C#N)N(C(C)C)C(C)C. The Labute approximate surface area is 118 Å². The van der Waals surface area contributed by atoms with Gasteiger partial charge in [0.1, 0.15) is 0 Å². The van der Waals surface area contributed by atoms with Crippen LogP contribution in [0.25, 0.3) is 0 Å². The summed E-state index contributed by atoms with van der Waals surface area (Å²) in [7, 11) is -0.495. The Kier molecular flexibility index (Phi) is 9.05. The lowest BCUT2D eigenvalue weighted by Gasteiger charge is -2.31. The van der Waals surface area contributed by atoms with Gasteiger partial charge < -0.3 is 4.65 Å². The normalized spacial score (nSPS) is 10.1. The van der Waals surface area contributed by atoms with Gasteiger partial charge in [0.2, 0.25) is 0 Å². The molecule has 0 heterocycles. The minimum atomic E-state index is -0.495. The smallest absolute Gasteiger partial charge is 0.409 e. The third-order valence-corrected chi connectivity index (χ3v) is 2.54. The average molecular weight is 260 g/mol. The molecule has 0 unspecified atom stereocenters. The van der Waals surface area contributed by atoms with Crippen LogP contribution in [0.4, 0.5) is 0 Å². The largest absolute Gasteiger partial charge is 0.504 e. The standard InChI is InChI=1S/C15H25BN2O/c1-13(2)10-8-7-9-11-19-16(12-17)18(14(3)4)15(5)6/h10,14-15H,9,11H2,1-6H3. The topological polar surface area (TPSA) is 36.3 Å². The summed E-state index contributed by atoms with van der Waals surface area (Å²) in [5, 5.41) is 9.21. The van der Waals surface area contributed by atoms with Crippen molar-refractivity contribution >= 4 is 7.05 Å². The quantitative estimate of drug-likeness (QED) is 0.418. The van der Waals surface area contributed by atoms with E-state index < -0.39 is 7.05 Å². The molecule has 0 aromatic carbocycles. The zero-order valence-corrected chi connectivity index (χ0v) is 13.0. The van der Waals surface area contributed by atoms with E-state index in [1.165, 1.54) is 5.57 Å². The van der Waals surface area contributed by atoms with Crippen molar-refractivity contribution in [1.82, 2.24) is 4.81 Å². The first kappa shape index (κ1) is 17.8. The van der Waals surface area contributed by atoms with Crippen LogP contribution < -0.4 is 0 Å². The summed E-state index contributed by atoms with van der Waals surface area (Å²) in [4.78, 5) is 2.06. The minimum Gasteiger partial charge on any atom is -0.409 e. The lowest BCUT2D eigenvalue weighted by Crippen LogP contribution is -2.49. The van der Waals surface area contributed by atoms with E-state index in [0.717, 1.165) is 0 Å². The number of nitriles is 1. The van der Waals surface area contributed by atoms with Crippen LogP contribution in [-0.4, -0.2) is 30.6 Å². The molecule has 0 amide bonds. The van der Waals surface area contributed by atoms with Gasteiger partial charge in [-0.25, -0.2) is 5.26 Å². The molecular weight excluding hydrogens is 235 g/mol. The fraction of sp³-hybridized carbons (Fsp3) is 0.667. The number of hydrogen-bond acceptors (Lipinski definition) is 3. The van der Waals surface area contributed by atoms with Crippen LogP contribution in [0.2, 0.25) is 0 Å². The minimum absolute atomic E-state index is 0.279. The first-order valence-electron chi connectivity index (χ1n) is 6.80. The molecule has 4 heteroatoms. The summed E-state index contributed by atoms with van der Waals surface area (Å²) < 4.78 is 5.62. The molecule has 104 valence electrons. The van der Waals surface area contributed by atoms with E-state index in [4.69, 9.17) is 4.65 Å². The van der Waals surface area contributed by atoms with Gasteiger partial charge in [0, 0.05) is 13.0 Å². The second-order valence-corrected chi connectivity index (χ2v) is 5.28. The molecule has 3 nitrogen and oxygen atoms in total. The van der Waals surface area contributed by atoms with Gasteiger partial charge in [-0.3, -0.25) is 4.81 Å². The maximum atomic E-state index is 9.21. The van der Waals surface area contributed by atoms with Crippen LogP contribution in [0.1, 0.15) is 48.0 Å². The number of hydrogen-bond donors (Lipinski definition) is 0. The third kappa shape index (κ3) is 7.72. The van der Waals surface area contributed by atoms with Crippen LogP contribution in [0.15, 0.2) is 11.6 Å². The van der Waals surface area contributed by atoms with Crippen molar-refractivity contribution in [3.05, 3.63) is 11.6 Å². The Morgan fingerprint density at radius 1 is 1.26 bits per heavy atom. The molecule has 0 saturated carbocycles. The zero-order valence-electron chi connectivity index (χ0n) is 13.0. The maximum Gasteiger partial charge on any atom is 0.504 e. The van der Waals surface area contributed by atoms with Crippen LogP contribution in [-0.2, 0) is 4.65 Å². The Morgan fingerprint density at radius 3 is 2.26 bits per heavy atom. The summed E-state index contributed by atoms with van der Waals surface area (Å²) in [6.07, 6.45) is 2.53. The summed E-state index contributed by atoms with van der Waals surface area (Å²) in [5.74, 6) is 8.19. The molecular formula is C15H25BN2O. The maximum absolute atomic E-state index is 9.21. The van der Waals surface area contributed by atoms with Crippen molar-refractivity contribution in [2.24, 2.45) is 0 Å². The van der Waals surface area contributed by atoms with E-state index in [1.54, 1.807) is 0 Å². The lowest BCUT2D eigenvalue weighted by molar-refractivity contribution is 0.223. The van der Waals surface area contributed by atoms with Gasteiger partial charge in [0.05, 0.1) is 5.97 Å². The van der Waals surface area contributed by atoms with Crippen molar-refractivity contribution in [3.8, 4) is 17.8 Å². The number of allylic oxidation sites excluding steroid dienone is 2. The van der Waals surface area contributed by atoms with E-state index in [1.807, 2.05) is 19.9 Å². The third-order valence-electron chi connectivity index (χ3n) is 2.54. The lowest BCUT2D eigenvalue weighted by atomic mass is 9.79. The highest BCUT2D eigenvalue weighted by Crippen LogP contribution is 2.08. The van der Waals surface area contributed by atoms with Gasteiger partial charge in [-0.15, -0.1) is 0 Å². The van der Waals surface area contributed by atoms with Crippen LogP contribution in [0.3, 0.4) is 0 Å². The summed E-state index contributed by atoms with van der Waals surface area (Å²) in [5.41, 5.74) is 1.19. The first-order chi connectivity index (χ1) is 8.90. The molecule has 0 fully saturated rings. The van der Waals surface area contributed by atoms with Crippen molar-refractivity contribution < 1.29 is 4.65 Å². The molecule has 0 aliphatic heterocycles. The van der Waals surface area contributed by atoms with E-state index in [-0.39, 0.29) is 12.1 Å². The molecule has 0 atom stereocenters. The molecule has 0 N–H and O–H groups in total. The predicted octanol–water partition coefficient (Wildman–Crippen LogP) is 3.03. The van der Waals surface area contributed by atoms with Gasteiger partial charge in [-0.1, -0.05) is 45.1 Å². The van der Waals surface area contributed by atoms with Gasteiger partial charge >= 0.3 is 7.05 Å². The Hall–Kier alpha value is -1.23. The van der Waals surface area contributed by atoms with Crippen molar-refractivity contribution in [3.63, 3.8) is 0 Å². The molecule has 0 saturated heterocycles. The number of nitrogens with zero attached hydrogens (tertiary/aromatic N) is 2. The second-order valence-electron chi connectivity index (χ2n) is 5.28. The Morgan fingerprint density at radius 2 is 1.84 bits per heavy atom. The Bertz CT molecular complexity index is 373. The molecule has 0 aromatic heterocycles. The Balaban J connectivity index is 4.30. The van der Waals surface area contributed by atoms with E-state index in [9.17, 15) is 5.26 Å². The molecule has 0 aliphatic carbocycles. The highest BCUT2D eigenvalue weighted by molar-refractivity contribution is 6.57. The second kappa shape index (κ2) is 9.67. The molecule has 19 heavy (non-hydrogen) atoms. The van der Waals surface area contributed by atoms with Gasteiger partial charge in [-0.2, -0.15) is 0 Å². The molecule has 0 aromatic rings. The first-order valence-corrected chi connectivity index (χ1v) is 6.80. The van der Waals surface area contributed by atoms with Crippen molar-refractivity contribution in [2.75, 3.05) is 6.61 Å². The van der Waals surface area contributed by atoms with E-state index >= 15 is 0 Å². The highest BCUT2D eigenvalue weighted by Gasteiger charge is 2.30. The van der Waals surface area contributed by atoms with Crippen LogP contribution in [0, 0.1) is 23.1 Å². The molecule has 0 radical (unpaired) electrons. The molecule has 0 aliphatic rings. The highest BCUT2D eigenvalue weighted by atomic mass is 16.4. The molecule has 0 bridgehead atoms. The fourth-order valence-corrected chi connectivity index (χ4v) is 1.82. The van der Waals surface area contributed by atoms with Gasteiger partial charge in [-0.05, 0) is 32.0 Å². The number of rotatable bonds is 6. The van der Waals surface area contributed by atoms with E-state index in [0.29, 0.717) is 13.0 Å². The summed E-state index contributed by atoms with van der Waals surface area (Å²) in [6, 6.07) is 0.558. The van der Waals surface area contributed by atoms with Crippen molar-refractivity contribution in [2.45, 2.75) is 60.0 Å². The van der Waals surface area contributed by atoms with Gasteiger partial charge in [0.15, 0.2) is 0 Å². The van der Waals surface area contributed by atoms with Crippen LogP contribution in [0.5, 0.6) is 0 Å². The molecule has 0 rings (SSSR count). The monoisotopic (exact) mass is 260 g/mol. The average Bonchev–Trinajstić information content (AvgIpc) is 2.30. The predicted molar refractivity (Wildman–Crippen MR) is 81.3 cm³/mol. The van der Waals surface area contributed by atoms with Gasteiger partial charge in [0.25, 0.3) is 0 Å². The summed E-state index contributed by atoms with van der Waals surface area (Å²) >= 11 is 0. The van der Waals surface area contributed by atoms with Crippen LogP contribution >= 0.6 is 0 Å². The van der Waals surface area contributed by atoms with Crippen molar-refractivity contribution in [1.29, 1.82) is 5.26 Å². The molecule has 0 spiro atoms. The fourth-order valence-electron chi connectivity index (χ4n) is 1.82. The zero-order chi connectivity index (χ0) is 14.8.